The van der Waals surface area contributed by atoms with Crippen molar-refractivity contribution in [3.63, 3.8) is 0 Å². The van der Waals surface area contributed by atoms with Gasteiger partial charge in [0.1, 0.15) is 16.7 Å². The molecule has 2 aromatic carbocycles. The molecule has 0 fully saturated rings. The molecule has 3 N–H and O–H groups in total. The lowest BCUT2D eigenvalue weighted by atomic mass is 9.98. The summed E-state index contributed by atoms with van der Waals surface area (Å²) in [4.78, 5) is 0.686. The van der Waals surface area contributed by atoms with Crippen molar-refractivity contribution >= 4 is 28.6 Å². The Kier molecular flexibility index (Phi) is 9.71. The summed E-state index contributed by atoms with van der Waals surface area (Å²) in [5.41, 5.74) is 2.21. The molecule has 0 aliphatic carbocycles. The smallest absolute Gasteiger partial charge is 0.150 e. The van der Waals surface area contributed by atoms with Crippen LogP contribution >= 0.6 is 0 Å². The van der Waals surface area contributed by atoms with Crippen molar-refractivity contribution in [2.75, 3.05) is 23.7 Å². The standard InChI is InChI=1S/C23H33N3O2S/c1-4-6-8-11-18(5-2)17-25-21-15-23(28-3)22(14-19(21)16-24)26-29(27)20-12-9-7-10-13-20/h7,9-10,12-16,18,24-26H,4-6,8,11,17H2,1-3H3. The monoisotopic (exact) mass is 415 g/mol. The number of rotatable bonds is 13. The van der Waals surface area contributed by atoms with Gasteiger partial charge in [-0.1, -0.05) is 57.7 Å². The number of methoxy groups -OCH3 is 1. The molecule has 5 nitrogen and oxygen atoms in total. The van der Waals surface area contributed by atoms with Gasteiger partial charge >= 0.3 is 0 Å². The molecular formula is C23H33N3O2S. The third kappa shape index (κ3) is 6.89. The molecule has 2 rings (SSSR count). The third-order valence-corrected chi connectivity index (χ3v) is 6.17. The van der Waals surface area contributed by atoms with Gasteiger partial charge in [-0.2, -0.15) is 0 Å². The zero-order valence-corrected chi connectivity index (χ0v) is 18.5. The van der Waals surface area contributed by atoms with Crippen molar-refractivity contribution in [3.05, 3.63) is 48.0 Å². The number of nitrogens with one attached hydrogen (secondary N) is 3. The van der Waals surface area contributed by atoms with Crippen LogP contribution in [0.4, 0.5) is 11.4 Å². The summed E-state index contributed by atoms with van der Waals surface area (Å²) in [6.07, 6.45) is 7.42. The fraction of sp³-hybridized carbons (Fsp3) is 0.435. The van der Waals surface area contributed by atoms with E-state index in [4.69, 9.17) is 10.1 Å². The Bertz CT molecular complexity index is 796. The van der Waals surface area contributed by atoms with Crippen LogP contribution in [0.15, 0.2) is 47.4 Å². The Hall–Kier alpha value is -2.34. The van der Waals surface area contributed by atoms with Crippen molar-refractivity contribution in [3.8, 4) is 5.75 Å². The van der Waals surface area contributed by atoms with E-state index in [1.807, 2.05) is 42.5 Å². The van der Waals surface area contributed by atoms with Crippen LogP contribution in [0.2, 0.25) is 0 Å². The number of hydrogen-bond donors (Lipinski definition) is 3. The average molecular weight is 416 g/mol. The minimum atomic E-state index is -1.41. The molecule has 0 aromatic heterocycles. The average Bonchev–Trinajstić information content (AvgIpc) is 2.76. The second-order valence-electron chi connectivity index (χ2n) is 7.12. The molecule has 2 atom stereocenters. The van der Waals surface area contributed by atoms with Gasteiger partial charge in [0, 0.05) is 30.1 Å². The SMILES string of the molecule is CCCCCC(CC)CNc1cc(OC)c(NS(=O)c2ccccc2)cc1C=N. The first kappa shape index (κ1) is 22.9. The summed E-state index contributed by atoms with van der Waals surface area (Å²) in [5.74, 6) is 1.20. The van der Waals surface area contributed by atoms with E-state index in [0.29, 0.717) is 22.3 Å². The van der Waals surface area contributed by atoms with Gasteiger partial charge in [0.05, 0.1) is 17.7 Å². The Balaban J connectivity index is 2.14. The summed E-state index contributed by atoms with van der Waals surface area (Å²) in [5, 5.41) is 11.3. The van der Waals surface area contributed by atoms with Crippen LogP contribution in [-0.4, -0.2) is 24.1 Å². The minimum absolute atomic E-state index is 0.599. The zero-order valence-electron chi connectivity index (χ0n) is 17.7. The van der Waals surface area contributed by atoms with E-state index >= 15 is 0 Å². The highest BCUT2D eigenvalue weighted by Gasteiger charge is 2.14. The second-order valence-corrected chi connectivity index (χ2v) is 8.33. The molecule has 0 saturated carbocycles. The van der Waals surface area contributed by atoms with E-state index in [9.17, 15) is 4.21 Å². The molecule has 29 heavy (non-hydrogen) atoms. The van der Waals surface area contributed by atoms with Gasteiger partial charge in [0.25, 0.3) is 0 Å². The molecule has 2 aromatic rings. The van der Waals surface area contributed by atoms with Gasteiger partial charge in [0.15, 0.2) is 0 Å². The molecule has 0 saturated heterocycles. The van der Waals surface area contributed by atoms with Gasteiger partial charge in [-0.3, -0.25) is 4.72 Å². The van der Waals surface area contributed by atoms with E-state index in [0.717, 1.165) is 24.2 Å². The molecule has 0 aliphatic heterocycles. The lowest BCUT2D eigenvalue weighted by Crippen LogP contribution is -2.15. The second kappa shape index (κ2) is 12.3. The number of ether oxygens (including phenoxy) is 1. The molecule has 158 valence electrons. The van der Waals surface area contributed by atoms with E-state index in [1.54, 1.807) is 7.11 Å². The molecule has 0 aliphatic rings. The number of hydrogen-bond acceptors (Lipinski definition) is 4. The molecule has 2 unspecified atom stereocenters. The maximum Gasteiger partial charge on any atom is 0.150 e. The zero-order chi connectivity index (χ0) is 21.1. The Morgan fingerprint density at radius 2 is 1.90 bits per heavy atom. The molecular weight excluding hydrogens is 382 g/mol. The topological polar surface area (TPSA) is 74.2 Å². The lowest BCUT2D eigenvalue weighted by Gasteiger charge is -2.19. The van der Waals surface area contributed by atoms with E-state index in [1.165, 1.54) is 31.9 Å². The minimum Gasteiger partial charge on any atom is -0.494 e. The van der Waals surface area contributed by atoms with Crippen molar-refractivity contribution in [1.29, 1.82) is 5.41 Å². The van der Waals surface area contributed by atoms with Crippen LogP contribution in [-0.2, 0) is 11.0 Å². The van der Waals surface area contributed by atoms with Crippen molar-refractivity contribution in [2.45, 2.75) is 50.8 Å². The molecule has 0 amide bonds. The maximum absolute atomic E-state index is 12.6. The summed E-state index contributed by atoms with van der Waals surface area (Å²) in [6, 6.07) is 12.9. The first-order chi connectivity index (χ1) is 14.1. The van der Waals surface area contributed by atoms with E-state index in [2.05, 4.69) is 23.9 Å². The third-order valence-electron chi connectivity index (χ3n) is 5.06. The normalized spacial score (nSPS) is 12.8. The fourth-order valence-corrected chi connectivity index (χ4v) is 4.09. The summed E-state index contributed by atoms with van der Waals surface area (Å²) in [6.45, 7) is 5.32. The lowest BCUT2D eigenvalue weighted by molar-refractivity contribution is 0.417. The Labute approximate surface area is 177 Å². The fourth-order valence-electron chi connectivity index (χ4n) is 3.21. The quantitative estimate of drug-likeness (QED) is 0.284. The highest BCUT2D eigenvalue weighted by Crippen LogP contribution is 2.32. The van der Waals surface area contributed by atoms with Crippen LogP contribution in [0.1, 0.15) is 51.5 Å². The first-order valence-electron chi connectivity index (χ1n) is 10.3. The van der Waals surface area contributed by atoms with Crippen molar-refractivity contribution in [1.82, 2.24) is 0 Å². The van der Waals surface area contributed by atoms with Gasteiger partial charge in [-0.05, 0) is 30.5 Å². The Morgan fingerprint density at radius 1 is 1.14 bits per heavy atom. The number of benzene rings is 2. The summed E-state index contributed by atoms with van der Waals surface area (Å²) >= 11 is 0. The molecule has 6 heteroatoms. The van der Waals surface area contributed by atoms with Crippen LogP contribution < -0.4 is 14.8 Å². The number of anilines is 2. The Morgan fingerprint density at radius 3 is 2.52 bits per heavy atom. The first-order valence-corrected chi connectivity index (χ1v) is 11.5. The molecule has 0 radical (unpaired) electrons. The van der Waals surface area contributed by atoms with Crippen molar-refractivity contribution < 1.29 is 8.95 Å². The van der Waals surface area contributed by atoms with Gasteiger partial charge in [0.2, 0.25) is 0 Å². The van der Waals surface area contributed by atoms with Gasteiger partial charge < -0.3 is 15.5 Å². The maximum atomic E-state index is 12.6. The van der Waals surface area contributed by atoms with Crippen LogP contribution in [0.5, 0.6) is 5.75 Å². The van der Waals surface area contributed by atoms with E-state index in [-0.39, 0.29) is 0 Å². The predicted octanol–water partition coefficient (Wildman–Crippen LogP) is 5.85. The predicted molar refractivity (Wildman–Crippen MR) is 124 cm³/mol. The van der Waals surface area contributed by atoms with Crippen molar-refractivity contribution in [2.24, 2.45) is 5.92 Å². The van der Waals surface area contributed by atoms with Crippen LogP contribution in [0.25, 0.3) is 0 Å². The largest absolute Gasteiger partial charge is 0.494 e. The molecule has 0 bridgehead atoms. The molecule has 0 spiro atoms. The molecule has 0 heterocycles. The number of unbranched alkanes of at least 4 members (excludes halogenated alkanes) is 2. The summed E-state index contributed by atoms with van der Waals surface area (Å²) < 4.78 is 21.1. The van der Waals surface area contributed by atoms with Crippen LogP contribution in [0, 0.1) is 11.3 Å². The highest BCUT2D eigenvalue weighted by molar-refractivity contribution is 7.86. The van der Waals surface area contributed by atoms with Crippen LogP contribution in [0.3, 0.4) is 0 Å². The summed E-state index contributed by atoms with van der Waals surface area (Å²) in [7, 11) is 0.191. The van der Waals surface area contributed by atoms with E-state index < -0.39 is 11.0 Å². The van der Waals surface area contributed by atoms with Gasteiger partial charge in [-0.25, -0.2) is 4.21 Å². The van der Waals surface area contributed by atoms with Gasteiger partial charge in [-0.15, -0.1) is 0 Å². The highest BCUT2D eigenvalue weighted by atomic mass is 32.2.